The molecule has 0 radical (unpaired) electrons. The number of hydrogen-bond donors (Lipinski definition) is 1. The lowest BCUT2D eigenvalue weighted by atomic mass is 9.91. The highest BCUT2D eigenvalue weighted by atomic mass is 16.2. The summed E-state index contributed by atoms with van der Waals surface area (Å²) in [6, 6.07) is 18.1. The van der Waals surface area contributed by atoms with Crippen LogP contribution in [0, 0.1) is 36.5 Å². The first-order valence-corrected chi connectivity index (χ1v) is 14.6. The first kappa shape index (κ1) is 30.4. The molecule has 8 nitrogen and oxygen atoms in total. The van der Waals surface area contributed by atoms with E-state index < -0.39 is 6.04 Å². The quantitative estimate of drug-likeness (QED) is 0.375. The van der Waals surface area contributed by atoms with Gasteiger partial charge in [0.05, 0.1) is 5.57 Å². The number of rotatable bonds is 9. The Morgan fingerprint density at radius 3 is 2.24 bits per heavy atom. The van der Waals surface area contributed by atoms with Crippen LogP contribution in [0.5, 0.6) is 0 Å². The molecule has 1 atom stereocenters. The predicted molar refractivity (Wildman–Crippen MR) is 163 cm³/mol. The SMILES string of the molecule is Cc1cc(C)cc(CC(C(C(=O)N(c2cccc(CN3CCN(C)CC3)c2)C(C)C)=C(C#N)C#N)N2CCNC2)c1. The van der Waals surface area contributed by atoms with Crippen molar-refractivity contribution in [3.8, 4) is 12.1 Å². The number of amides is 1. The van der Waals surface area contributed by atoms with Crippen LogP contribution >= 0.6 is 0 Å². The Hall–Kier alpha value is -3.53. The molecule has 0 aromatic heterocycles. The molecule has 2 aliphatic heterocycles. The largest absolute Gasteiger partial charge is 0.306 e. The number of anilines is 1. The normalized spacial score (nSPS) is 17.2. The van der Waals surface area contributed by atoms with Gasteiger partial charge in [-0.2, -0.15) is 10.5 Å². The van der Waals surface area contributed by atoms with Crippen LogP contribution in [0.1, 0.15) is 36.1 Å². The fourth-order valence-corrected chi connectivity index (χ4v) is 6.02. The third-order valence-corrected chi connectivity index (χ3v) is 8.02. The molecule has 2 aliphatic rings. The fraction of sp³-hybridized carbons (Fsp3) is 0.485. The van der Waals surface area contributed by atoms with Crippen LogP contribution in [-0.2, 0) is 17.8 Å². The predicted octanol–water partition coefficient (Wildman–Crippen LogP) is 3.61. The number of carbonyl (C=O) groups is 1. The van der Waals surface area contributed by atoms with E-state index in [9.17, 15) is 15.3 Å². The lowest BCUT2D eigenvalue weighted by Gasteiger charge is -2.35. The van der Waals surface area contributed by atoms with Crippen LogP contribution in [0.4, 0.5) is 5.69 Å². The van der Waals surface area contributed by atoms with Crippen LogP contribution < -0.4 is 10.2 Å². The Kier molecular flexibility index (Phi) is 10.3. The monoisotopic (exact) mass is 553 g/mol. The molecule has 41 heavy (non-hydrogen) atoms. The highest BCUT2D eigenvalue weighted by Gasteiger charge is 2.36. The standard InChI is InChI=1S/C33H43N7O/c1-24(2)40(30-8-6-7-27(18-30)22-38-13-11-37(5)12-14-38)33(41)32(29(20-34)21-35)31(39-10-9-36-23-39)19-28-16-25(3)15-26(4)17-28/h6-8,15-18,24,31,36H,9-14,19,22-23H2,1-5H3. The van der Waals surface area contributed by atoms with Gasteiger partial charge in [0.25, 0.3) is 5.91 Å². The smallest absolute Gasteiger partial charge is 0.258 e. The molecule has 0 aliphatic carbocycles. The van der Waals surface area contributed by atoms with Gasteiger partial charge in [0.1, 0.15) is 17.7 Å². The van der Waals surface area contributed by atoms with E-state index in [2.05, 4.69) is 83.4 Å². The number of benzene rings is 2. The number of carbonyl (C=O) groups excluding carboxylic acids is 1. The summed E-state index contributed by atoms with van der Waals surface area (Å²) >= 11 is 0. The second-order valence-corrected chi connectivity index (χ2v) is 11.7. The van der Waals surface area contributed by atoms with Crippen molar-refractivity contribution in [2.24, 2.45) is 0 Å². The third kappa shape index (κ3) is 7.61. The van der Waals surface area contributed by atoms with Crippen molar-refractivity contribution in [1.29, 1.82) is 10.5 Å². The number of aryl methyl sites for hydroxylation is 2. The van der Waals surface area contributed by atoms with E-state index in [0.29, 0.717) is 13.1 Å². The summed E-state index contributed by atoms with van der Waals surface area (Å²) in [5.41, 5.74) is 5.48. The van der Waals surface area contributed by atoms with Gasteiger partial charge in [-0.1, -0.05) is 41.5 Å². The molecular weight excluding hydrogens is 510 g/mol. The number of piperazine rings is 1. The van der Waals surface area contributed by atoms with Crippen molar-refractivity contribution in [1.82, 2.24) is 20.0 Å². The van der Waals surface area contributed by atoms with Gasteiger partial charge < -0.3 is 15.1 Å². The van der Waals surface area contributed by atoms with Gasteiger partial charge in [0.15, 0.2) is 0 Å². The van der Waals surface area contributed by atoms with Crippen molar-refractivity contribution < 1.29 is 4.79 Å². The molecule has 2 heterocycles. The van der Waals surface area contributed by atoms with E-state index in [0.717, 1.165) is 73.8 Å². The average Bonchev–Trinajstić information content (AvgIpc) is 3.46. The molecule has 2 fully saturated rings. The van der Waals surface area contributed by atoms with Crippen LogP contribution in [0.15, 0.2) is 53.6 Å². The van der Waals surface area contributed by atoms with E-state index in [1.807, 2.05) is 26.0 Å². The molecule has 1 unspecified atom stereocenters. The summed E-state index contributed by atoms with van der Waals surface area (Å²) in [6.07, 6.45) is 0.535. The van der Waals surface area contributed by atoms with E-state index in [1.54, 1.807) is 4.90 Å². The minimum atomic E-state index is -0.414. The van der Waals surface area contributed by atoms with Gasteiger partial charge in [-0.25, -0.2) is 0 Å². The lowest BCUT2D eigenvalue weighted by molar-refractivity contribution is -0.116. The highest BCUT2D eigenvalue weighted by molar-refractivity contribution is 6.08. The Morgan fingerprint density at radius 2 is 1.66 bits per heavy atom. The molecule has 8 heteroatoms. The summed E-state index contributed by atoms with van der Waals surface area (Å²) < 4.78 is 0. The molecule has 2 aromatic rings. The van der Waals surface area contributed by atoms with Crippen LogP contribution in [-0.4, -0.2) is 85.7 Å². The number of nitrogens with zero attached hydrogens (tertiary/aromatic N) is 6. The Morgan fingerprint density at radius 1 is 0.976 bits per heavy atom. The molecule has 4 rings (SSSR count). The maximum absolute atomic E-state index is 14.6. The first-order valence-electron chi connectivity index (χ1n) is 14.6. The zero-order valence-corrected chi connectivity index (χ0v) is 25.2. The minimum absolute atomic E-state index is 0.115. The summed E-state index contributed by atoms with van der Waals surface area (Å²) in [6.45, 7) is 15.2. The second-order valence-electron chi connectivity index (χ2n) is 11.7. The van der Waals surface area contributed by atoms with Crippen LogP contribution in [0.2, 0.25) is 0 Å². The van der Waals surface area contributed by atoms with Crippen molar-refractivity contribution in [2.45, 2.75) is 52.7 Å². The van der Waals surface area contributed by atoms with Gasteiger partial charge in [0, 0.05) is 70.3 Å². The summed E-state index contributed by atoms with van der Waals surface area (Å²) in [7, 11) is 2.15. The number of nitriles is 2. The van der Waals surface area contributed by atoms with Gasteiger partial charge in [-0.15, -0.1) is 0 Å². The zero-order valence-electron chi connectivity index (χ0n) is 25.2. The Balaban J connectivity index is 1.72. The maximum atomic E-state index is 14.6. The molecule has 0 spiro atoms. The Labute approximate surface area is 245 Å². The number of likely N-dealkylation sites (N-methyl/N-ethyl adjacent to an activating group) is 1. The third-order valence-electron chi connectivity index (χ3n) is 8.02. The van der Waals surface area contributed by atoms with E-state index >= 15 is 0 Å². The Bertz CT molecular complexity index is 1300. The summed E-state index contributed by atoms with van der Waals surface area (Å²) in [5.74, 6) is -0.281. The van der Waals surface area contributed by atoms with Crippen molar-refractivity contribution in [3.05, 3.63) is 75.9 Å². The van der Waals surface area contributed by atoms with Crippen molar-refractivity contribution >= 4 is 11.6 Å². The van der Waals surface area contributed by atoms with Crippen LogP contribution in [0.3, 0.4) is 0 Å². The molecule has 216 valence electrons. The molecule has 2 saturated heterocycles. The average molecular weight is 554 g/mol. The van der Waals surface area contributed by atoms with Gasteiger partial charge in [0.2, 0.25) is 0 Å². The highest BCUT2D eigenvalue weighted by Crippen LogP contribution is 2.28. The number of hydrogen-bond acceptors (Lipinski definition) is 7. The topological polar surface area (TPSA) is 89.6 Å². The molecule has 1 amide bonds. The van der Waals surface area contributed by atoms with Crippen molar-refractivity contribution in [3.63, 3.8) is 0 Å². The van der Waals surface area contributed by atoms with Gasteiger partial charge >= 0.3 is 0 Å². The second kappa shape index (κ2) is 13.9. The first-order chi connectivity index (χ1) is 19.7. The molecule has 0 bridgehead atoms. The molecule has 0 saturated carbocycles. The lowest BCUT2D eigenvalue weighted by Crippen LogP contribution is -2.46. The number of allylic oxidation sites excluding steroid dienone is 1. The zero-order chi connectivity index (χ0) is 29.5. The van der Waals surface area contributed by atoms with Gasteiger partial charge in [-0.05, 0) is 64.4 Å². The van der Waals surface area contributed by atoms with E-state index in [1.165, 1.54) is 0 Å². The van der Waals surface area contributed by atoms with Crippen LogP contribution in [0.25, 0.3) is 0 Å². The maximum Gasteiger partial charge on any atom is 0.258 e. The molecule has 2 aromatic carbocycles. The fourth-order valence-electron chi connectivity index (χ4n) is 6.02. The van der Waals surface area contributed by atoms with E-state index in [-0.39, 0.29) is 23.1 Å². The molecular formula is C33H43N7O. The summed E-state index contributed by atoms with van der Waals surface area (Å²) in [5, 5.41) is 23.5. The number of nitrogens with one attached hydrogen (secondary N) is 1. The van der Waals surface area contributed by atoms with Gasteiger partial charge in [-0.3, -0.25) is 14.6 Å². The van der Waals surface area contributed by atoms with E-state index in [4.69, 9.17) is 0 Å². The summed E-state index contributed by atoms with van der Waals surface area (Å²) in [4.78, 5) is 23.3. The van der Waals surface area contributed by atoms with Crippen molar-refractivity contribution in [2.75, 3.05) is 57.9 Å². The minimum Gasteiger partial charge on any atom is -0.306 e. The molecule has 1 N–H and O–H groups in total.